The third kappa shape index (κ3) is 2.86. The number of carbonyl (C=O) groups is 1. The predicted octanol–water partition coefficient (Wildman–Crippen LogP) is 2.88. The average molecular weight is 300 g/mol. The quantitative estimate of drug-likeness (QED) is 0.786. The lowest BCUT2D eigenvalue weighted by molar-refractivity contribution is -0.128. The van der Waals surface area contributed by atoms with Gasteiger partial charge in [-0.15, -0.1) is 0 Å². The van der Waals surface area contributed by atoms with Crippen molar-refractivity contribution in [1.82, 2.24) is 4.90 Å². The highest BCUT2D eigenvalue weighted by molar-refractivity contribution is 9.09. The zero-order valence-corrected chi connectivity index (χ0v) is 11.3. The van der Waals surface area contributed by atoms with Crippen LogP contribution in [0.15, 0.2) is 18.2 Å². The van der Waals surface area contributed by atoms with Crippen molar-refractivity contribution in [3.63, 3.8) is 0 Å². The highest BCUT2D eigenvalue weighted by Gasteiger charge is 2.28. The van der Waals surface area contributed by atoms with E-state index in [0.717, 1.165) is 17.4 Å². The van der Waals surface area contributed by atoms with Crippen LogP contribution in [-0.2, 0) is 11.3 Å². The Bertz CT molecular complexity index is 435. The van der Waals surface area contributed by atoms with Crippen molar-refractivity contribution in [3.8, 4) is 0 Å². The fraction of sp³-hybridized carbons (Fsp3) is 0.462. The van der Waals surface area contributed by atoms with Crippen LogP contribution in [0, 0.1) is 18.7 Å². The van der Waals surface area contributed by atoms with E-state index in [1.807, 2.05) is 11.0 Å². The van der Waals surface area contributed by atoms with Crippen LogP contribution in [0.5, 0.6) is 0 Å². The molecule has 1 aliphatic heterocycles. The summed E-state index contributed by atoms with van der Waals surface area (Å²) in [5.74, 6) is 0.403. The van der Waals surface area contributed by atoms with Gasteiger partial charge in [0.15, 0.2) is 0 Å². The maximum absolute atomic E-state index is 13.1. The molecular formula is C13H15BrFNO. The smallest absolute Gasteiger partial charge is 0.223 e. The first kappa shape index (κ1) is 12.6. The Morgan fingerprint density at radius 3 is 2.88 bits per heavy atom. The van der Waals surface area contributed by atoms with Gasteiger partial charge in [-0.3, -0.25) is 4.79 Å². The molecule has 0 spiro atoms. The van der Waals surface area contributed by atoms with Crippen molar-refractivity contribution >= 4 is 21.8 Å². The SMILES string of the molecule is Cc1cc(CN2CC(CBr)CC2=O)ccc1F. The van der Waals surface area contributed by atoms with Gasteiger partial charge in [-0.1, -0.05) is 28.1 Å². The van der Waals surface area contributed by atoms with Crippen LogP contribution in [0.4, 0.5) is 4.39 Å². The molecule has 1 amide bonds. The number of halogens is 2. The topological polar surface area (TPSA) is 20.3 Å². The van der Waals surface area contributed by atoms with Crippen molar-refractivity contribution in [3.05, 3.63) is 35.1 Å². The first-order valence-corrected chi connectivity index (χ1v) is 6.81. The molecule has 0 aliphatic carbocycles. The second-order valence-corrected chi connectivity index (χ2v) is 5.23. The van der Waals surface area contributed by atoms with E-state index in [1.165, 1.54) is 6.07 Å². The molecule has 1 heterocycles. The molecule has 2 rings (SSSR count). The number of likely N-dealkylation sites (tertiary alicyclic amines) is 1. The van der Waals surface area contributed by atoms with Crippen molar-refractivity contribution in [2.75, 3.05) is 11.9 Å². The maximum Gasteiger partial charge on any atom is 0.223 e. The highest BCUT2D eigenvalue weighted by Crippen LogP contribution is 2.22. The average Bonchev–Trinajstić information content (AvgIpc) is 2.65. The third-order valence-electron chi connectivity index (χ3n) is 3.11. The zero-order valence-electron chi connectivity index (χ0n) is 9.75. The fourth-order valence-electron chi connectivity index (χ4n) is 2.14. The van der Waals surface area contributed by atoms with E-state index in [-0.39, 0.29) is 11.7 Å². The number of rotatable bonds is 3. The van der Waals surface area contributed by atoms with Gasteiger partial charge >= 0.3 is 0 Å². The number of hydrogen-bond acceptors (Lipinski definition) is 1. The van der Waals surface area contributed by atoms with Crippen molar-refractivity contribution in [1.29, 1.82) is 0 Å². The molecule has 17 heavy (non-hydrogen) atoms. The molecule has 1 aromatic carbocycles. The van der Waals surface area contributed by atoms with E-state index in [4.69, 9.17) is 0 Å². The lowest BCUT2D eigenvalue weighted by atomic mass is 10.1. The second kappa shape index (κ2) is 5.17. The van der Waals surface area contributed by atoms with E-state index < -0.39 is 0 Å². The fourth-order valence-corrected chi connectivity index (χ4v) is 2.57. The van der Waals surface area contributed by atoms with Crippen LogP contribution in [0.1, 0.15) is 17.5 Å². The van der Waals surface area contributed by atoms with Gasteiger partial charge in [-0.05, 0) is 30.0 Å². The molecule has 0 bridgehead atoms. The van der Waals surface area contributed by atoms with Gasteiger partial charge in [-0.2, -0.15) is 0 Å². The molecule has 1 saturated heterocycles. The van der Waals surface area contributed by atoms with Crippen molar-refractivity contribution in [2.24, 2.45) is 5.92 Å². The third-order valence-corrected chi connectivity index (χ3v) is 4.02. The van der Waals surface area contributed by atoms with E-state index >= 15 is 0 Å². The monoisotopic (exact) mass is 299 g/mol. The van der Waals surface area contributed by atoms with Gasteiger partial charge in [0.2, 0.25) is 5.91 Å². The summed E-state index contributed by atoms with van der Waals surface area (Å²) in [6.45, 7) is 3.12. The van der Waals surface area contributed by atoms with Crippen LogP contribution in [0.25, 0.3) is 0 Å². The summed E-state index contributed by atoms with van der Waals surface area (Å²) >= 11 is 3.41. The van der Waals surface area contributed by atoms with Crippen molar-refractivity contribution < 1.29 is 9.18 Å². The first-order valence-electron chi connectivity index (χ1n) is 5.69. The minimum Gasteiger partial charge on any atom is -0.338 e. The zero-order chi connectivity index (χ0) is 12.4. The normalized spacial score (nSPS) is 20.1. The number of amides is 1. The minimum atomic E-state index is -0.195. The van der Waals surface area contributed by atoms with E-state index in [2.05, 4.69) is 15.9 Å². The van der Waals surface area contributed by atoms with Crippen LogP contribution in [-0.4, -0.2) is 22.7 Å². The van der Waals surface area contributed by atoms with E-state index in [9.17, 15) is 9.18 Å². The Hall–Kier alpha value is -0.900. The Balaban J connectivity index is 2.06. The van der Waals surface area contributed by atoms with Gasteiger partial charge in [0.25, 0.3) is 0 Å². The number of aryl methyl sites for hydroxylation is 1. The van der Waals surface area contributed by atoms with Gasteiger partial charge in [0.05, 0.1) is 0 Å². The second-order valence-electron chi connectivity index (χ2n) is 4.58. The molecule has 1 unspecified atom stereocenters. The number of benzene rings is 1. The standard InChI is InChI=1S/C13H15BrFNO/c1-9-4-10(2-3-12(9)15)7-16-8-11(6-14)5-13(16)17/h2-4,11H,5-8H2,1H3. The summed E-state index contributed by atoms with van der Waals surface area (Å²) in [5, 5.41) is 0.859. The molecule has 0 aromatic heterocycles. The molecular weight excluding hydrogens is 285 g/mol. The molecule has 1 aromatic rings. The summed E-state index contributed by atoms with van der Waals surface area (Å²) in [7, 11) is 0. The van der Waals surface area contributed by atoms with Crippen LogP contribution in [0.2, 0.25) is 0 Å². The molecule has 0 radical (unpaired) electrons. The Morgan fingerprint density at radius 1 is 1.53 bits per heavy atom. The number of hydrogen-bond donors (Lipinski definition) is 0. The summed E-state index contributed by atoms with van der Waals surface area (Å²) in [5.41, 5.74) is 1.62. The number of nitrogens with zero attached hydrogens (tertiary/aromatic N) is 1. The number of alkyl halides is 1. The lowest BCUT2D eigenvalue weighted by Gasteiger charge is -2.16. The Morgan fingerprint density at radius 2 is 2.29 bits per heavy atom. The van der Waals surface area contributed by atoms with Gasteiger partial charge in [-0.25, -0.2) is 4.39 Å². The van der Waals surface area contributed by atoms with Crippen LogP contribution >= 0.6 is 15.9 Å². The Labute approximate surface area is 109 Å². The van der Waals surface area contributed by atoms with Crippen LogP contribution in [0.3, 0.4) is 0 Å². The summed E-state index contributed by atoms with van der Waals surface area (Å²) in [6.07, 6.45) is 0.616. The van der Waals surface area contributed by atoms with Crippen molar-refractivity contribution in [2.45, 2.75) is 19.9 Å². The lowest BCUT2D eigenvalue weighted by Crippen LogP contribution is -2.24. The van der Waals surface area contributed by atoms with Gasteiger partial charge in [0, 0.05) is 24.8 Å². The first-order chi connectivity index (χ1) is 8.10. The minimum absolute atomic E-state index is 0.191. The maximum atomic E-state index is 13.1. The van der Waals surface area contributed by atoms with Gasteiger partial charge < -0.3 is 4.90 Å². The summed E-state index contributed by atoms with van der Waals surface area (Å²) < 4.78 is 13.1. The Kier molecular flexibility index (Phi) is 3.82. The molecule has 4 heteroatoms. The summed E-state index contributed by atoms with van der Waals surface area (Å²) in [4.78, 5) is 13.6. The summed E-state index contributed by atoms with van der Waals surface area (Å²) in [6, 6.07) is 5.02. The largest absolute Gasteiger partial charge is 0.338 e. The molecule has 1 atom stereocenters. The molecule has 92 valence electrons. The molecule has 1 aliphatic rings. The molecule has 0 N–H and O–H groups in total. The molecule has 1 fully saturated rings. The van der Waals surface area contributed by atoms with Crippen LogP contribution < -0.4 is 0 Å². The van der Waals surface area contributed by atoms with E-state index in [1.54, 1.807) is 13.0 Å². The van der Waals surface area contributed by atoms with E-state index in [0.29, 0.717) is 24.4 Å². The van der Waals surface area contributed by atoms with Gasteiger partial charge in [0.1, 0.15) is 5.82 Å². The number of carbonyl (C=O) groups excluding carboxylic acids is 1. The predicted molar refractivity (Wildman–Crippen MR) is 68.5 cm³/mol. The highest BCUT2D eigenvalue weighted by atomic mass is 79.9. The molecule has 0 saturated carbocycles. The molecule has 2 nitrogen and oxygen atoms in total.